The summed E-state index contributed by atoms with van der Waals surface area (Å²) in [5.74, 6) is -1.51. The van der Waals surface area contributed by atoms with E-state index in [1.807, 2.05) is 0 Å². The van der Waals surface area contributed by atoms with Crippen molar-refractivity contribution in [2.75, 3.05) is 6.54 Å². The third-order valence-electron chi connectivity index (χ3n) is 4.78. The zero-order valence-corrected chi connectivity index (χ0v) is 18.7. The molecular formula is C23H24ClN3O5. The highest BCUT2D eigenvalue weighted by Crippen LogP contribution is 2.24. The van der Waals surface area contributed by atoms with Gasteiger partial charge in [-0.25, -0.2) is 4.79 Å². The van der Waals surface area contributed by atoms with E-state index in [-0.39, 0.29) is 23.6 Å². The van der Waals surface area contributed by atoms with Gasteiger partial charge in [0.25, 0.3) is 11.8 Å². The number of hydrogen-bond donors (Lipinski definition) is 2. The van der Waals surface area contributed by atoms with Crippen LogP contribution in [0.15, 0.2) is 42.5 Å². The van der Waals surface area contributed by atoms with Crippen molar-refractivity contribution in [1.82, 2.24) is 10.2 Å². The highest BCUT2D eigenvalue weighted by atomic mass is 35.5. The standard InChI is InChI=1S/C23H24ClN3O5/c1-23(2,3)32-22(31)26-14(10-13-8-9-17(19(25)28)18(24)11-13)12-27-20(29)15-6-4-5-7-16(15)21(27)30/h4-9,11,14H,10,12H2,1-3H3,(H2,25,28)(H,26,31). The lowest BCUT2D eigenvalue weighted by Gasteiger charge is -2.26. The van der Waals surface area contributed by atoms with Gasteiger partial charge in [0.2, 0.25) is 5.91 Å². The number of nitrogens with two attached hydrogens (primary N) is 1. The summed E-state index contributed by atoms with van der Waals surface area (Å²) in [5, 5.41) is 2.90. The van der Waals surface area contributed by atoms with E-state index >= 15 is 0 Å². The van der Waals surface area contributed by atoms with Gasteiger partial charge in [0.1, 0.15) is 5.60 Å². The summed E-state index contributed by atoms with van der Waals surface area (Å²) in [6, 6.07) is 10.6. The van der Waals surface area contributed by atoms with Crippen LogP contribution >= 0.6 is 11.6 Å². The first kappa shape index (κ1) is 23.3. The average Bonchev–Trinajstić information content (AvgIpc) is 2.91. The Morgan fingerprint density at radius 3 is 2.19 bits per heavy atom. The molecule has 0 saturated carbocycles. The third-order valence-corrected chi connectivity index (χ3v) is 5.10. The van der Waals surface area contributed by atoms with Gasteiger partial charge in [0.05, 0.1) is 34.3 Å². The monoisotopic (exact) mass is 457 g/mol. The summed E-state index contributed by atoms with van der Waals surface area (Å²) in [5.41, 5.74) is 6.06. The molecule has 1 atom stereocenters. The van der Waals surface area contributed by atoms with Gasteiger partial charge >= 0.3 is 6.09 Å². The first-order valence-electron chi connectivity index (χ1n) is 9.99. The Morgan fingerprint density at radius 2 is 1.69 bits per heavy atom. The lowest BCUT2D eigenvalue weighted by atomic mass is 10.0. The minimum atomic E-state index is -0.726. The van der Waals surface area contributed by atoms with Crippen molar-refractivity contribution >= 4 is 35.4 Å². The molecule has 1 aliphatic heterocycles. The maximum Gasteiger partial charge on any atom is 0.407 e. The van der Waals surface area contributed by atoms with Gasteiger partial charge < -0.3 is 15.8 Å². The molecule has 4 amide bonds. The topological polar surface area (TPSA) is 119 Å². The van der Waals surface area contributed by atoms with E-state index < -0.39 is 35.5 Å². The van der Waals surface area contributed by atoms with Crippen molar-refractivity contribution in [2.45, 2.75) is 38.8 Å². The summed E-state index contributed by atoms with van der Waals surface area (Å²) in [6.45, 7) is 5.12. The van der Waals surface area contributed by atoms with Crippen molar-refractivity contribution in [1.29, 1.82) is 0 Å². The zero-order valence-electron chi connectivity index (χ0n) is 18.0. The number of alkyl carbamates (subject to hydrolysis) is 1. The lowest BCUT2D eigenvalue weighted by molar-refractivity contribution is 0.0468. The Bertz CT molecular complexity index is 1060. The van der Waals surface area contributed by atoms with Crippen LogP contribution in [-0.4, -0.2) is 46.9 Å². The van der Waals surface area contributed by atoms with Crippen LogP contribution in [0.25, 0.3) is 0 Å². The molecule has 9 heteroatoms. The summed E-state index contributed by atoms with van der Waals surface area (Å²) < 4.78 is 5.33. The van der Waals surface area contributed by atoms with Crippen LogP contribution in [0, 0.1) is 0 Å². The third kappa shape index (κ3) is 5.26. The van der Waals surface area contributed by atoms with Crippen LogP contribution in [0.5, 0.6) is 0 Å². The molecule has 0 aliphatic carbocycles. The number of rotatable bonds is 6. The van der Waals surface area contributed by atoms with Gasteiger partial charge in [-0.1, -0.05) is 29.8 Å². The van der Waals surface area contributed by atoms with Crippen LogP contribution < -0.4 is 11.1 Å². The minimum Gasteiger partial charge on any atom is -0.444 e. The zero-order chi connectivity index (χ0) is 23.6. The number of hydrogen-bond acceptors (Lipinski definition) is 5. The van der Waals surface area contributed by atoms with Gasteiger partial charge in [-0.2, -0.15) is 0 Å². The molecular weight excluding hydrogens is 434 g/mol. The average molecular weight is 458 g/mol. The second kappa shape index (κ2) is 9.00. The fraction of sp³-hybridized carbons (Fsp3) is 0.304. The van der Waals surface area contributed by atoms with Crippen molar-refractivity contribution < 1.29 is 23.9 Å². The maximum absolute atomic E-state index is 12.8. The van der Waals surface area contributed by atoms with E-state index in [9.17, 15) is 19.2 Å². The van der Waals surface area contributed by atoms with Crippen molar-refractivity contribution in [3.63, 3.8) is 0 Å². The Labute approximate surface area is 190 Å². The summed E-state index contributed by atoms with van der Waals surface area (Å²) >= 11 is 6.15. The van der Waals surface area contributed by atoms with E-state index in [4.69, 9.17) is 22.1 Å². The fourth-order valence-electron chi connectivity index (χ4n) is 3.43. The number of nitrogens with one attached hydrogen (secondary N) is 1. The maximum atomic E-state index is 12.8. The summed E-state index contributed by atoms with van der Waals surface area (Å²) in [4.78, 5) is 50.5. The quantitative estimate of drug-likeness (QED) is 0.646. The molecule has 0 saturated heterocycles. The Balaban J connectivity index is 1.84. The molecule has 1 aliphatic rings. The van der Waals surface area contributed by atoms with Gasteiger partial charge in [0.15, 0.2) is 0 Å². The number of fused-ring (bicyclic) bond motifs is 1. The SMILES string of the molecule is CC(C)(C)OC(=O)NC(Cc1ccc(C(N)=O)c(Cl)c1)CN1C(=O)c2ccccc2C1=O. The molecule has 2 aromatic rings. The number of nitrogens with zero attached hydrogens (tertiary/aromatic N) is 1. The number of primary amides is 1. The van der Waals surface area contributed by atoms with Crippen LogP contribution in [0.1, 0.15) is 57.4 Å². The fourth-order valence-corrected chi connectivity index (χ4v) is 3.73. The highest BCUT2D eigenvalue weighted by Gasteiger charge is 2.37. The van der Waals surface area contributed by atoms with Crippen LogP contribution in [-0.2, 0) is 11.2 Å². The smallest absolute Gasteiger partial charge is 0.407 e. The number of ether oxygens (including phenoxy) is 1. The first-order chi connectivity index (χ1) is 15.0. The van der Waals surface area contributed by atoms with Gasteiger partial charge in [-0.15, -0.1) is 0 Å². The molecule has 32 heavy (non-hydrogen) atoms. The molecule has 2 aromatic carbocycles. The van der Waals surface area contributed by atoms with Gasteiger partial charge in [-0.3, -0.25) is 19.3 Å². The summed E-state index contributed by atoms with van der Waals surface area (Å²) in [7, 11) is 0. The van der Waals surface area contributed by atoms with E-state index in [0.717, 1.165) is 4.90 Å². The van der Waals surface area contributed by atoms with Gasteiger partial charge in [0, 0.05) is 0 Å². The molecule has 8 nitrogen and oxygen atoms in total. The molecule has 1 unspecified atom stereocenters. The van der Waals surface area contributed by atoms with Crippen molar-refractivity contribution in [3.8, 4) is 0 Å². The van der Waals surface area contributed by atoms with Crippen molar-refractivity contribution in [3.05, 3.63) is 69.7 Å². The van der Waals surface area contributed by atoms with Crippen LogP contribution in [0.3, 0.4) is 0 Å². The van der Waals surface area contributed by atoms with E-state index in [1.54, 1.807) is 57.2 Å². The number of carbonyl (C=O) groups excluding carboxylic acids is 4. The number of halogens is 1. The molecule has 0 fully saturated rings. The largest absolute Gasteiger partial charge is 0.444 e. The van der Waals surface area contributed by atoms with E-state index in [0.29, 0.717) is 16.7 Å². The minimum absolute atomic E-state index is 0.0687. The molecule has 3 rings (SSSR count). The summed E-state index contributed by atoms with van der Waals surface area (Å²) in [6.07, 6.45) is -0.454. The predicted octanol–water partition coefficient (Wildman–Crippen LogP) is 3.17. The number of benzene rings is 2. The lowest BCUT2D eigenvalue weighted by Crippen LogP contribution is -2.48. The van der Waals surface area contributed by atoms with Gasteiger partial charge in [-0.05, 0) is 57.0 Å². The van der Waals surface area contributed by atoms with Crippen LogP contribution in [0.4, 0.5) is 4.79 Å². The highest BCUT2D eigenvalue weighted by molar-refractivity contribution is 6.33. The number of imide groups is 1. The molecule has 0 aromatic heterocycles. The first-order valence-corrected chi connectivity index (χ1v) is 10.4. The number of amides is 4. The molecule has 0 radical (unpaired) electrons. The molecule has 0 bridgehead atoms. The normalized spacial score (nSPS) is 14.2. The Morgan fingerprint density at radius 1 is 1.09 bits per heavy atom. The Kier molecular flexibility index (Phi) is 6.55. The molecule has 1 heterocycles. The van der Waals surface area contributed by atoms with Crippen molar-refractivity contribution in [2.24, 2.45) is 5.73 Å². The Hall–Kier alpha value is -3.39. The van der Waals surface area contributed by atoms with E-state index in [2.05, 4.69) is 5.32 Å². The van der Waals surface area contributed by atoms with E-state index in [1.165, 1.54) is 6.07 Å². The van der Waals surface area contributed by atoms with Crippen LogP contribution in [0.2, 0.25) is 5.02 Å². The molecule has 3 N–H and O–H groups in total. The predicted molar refractivity (Wildman–Crippen MR) is 119 cm³/mol. The second-order valence-corrected chi connectivity index (χ2v) is 8.90. The molecule has 0 spiro atoms. The number of carbonyl (C=O) groups is 4. The molecule has 168 valence electrons. The second-order valence-electron chi connectivity index (χ2n) is 8.49.